The summed E-state index contributed by atoms with van der Waals surface area (Å²) in [5.41, 5.74) is 1.38. The fraction of sp³-hybridized carbons (Fsp3) is 0.412. The van der Waals surface area contributed by atoms with Gasteiger partial charge in [-0.1, -0.05) is 30.3 Å². The van der Waals surface area contributed by atoms with Crippen LogP contribution in [0, 0.1) is 0 Å². The van der Waals surface area contributed by atoms with Crippen molar-refractivity contribution < 1.29 is 0 Å². The van der Waals surface area contributed by atoms with Crippen molar-refractivity contribution in [1.82, 2.24) is 9.97 Å². The lowest BCUT2D eigenvalue weighted by Gasteiger charge is -2.19. The molecule has 2 aromatic rings. The zero-order valence-corrected chi connectivity index (χ0v) is 12.9. The van der Waals surface area contributed by atoms with Gasteiger partial charge in [0.25, 0.3) is 0 Å². The maximum atomic E-state index is 4.33. The standard InChI is InChI=1S/C17H24N4/c1-3-21(4-2)17-13-16(19-14-20-17)18-12-8-11-15-9-6-5-7-10-15/h5-7,9-10,13-14H,3-4,8,11-12H2,1-2H3,(H,18,19,20). The predicted molar refractivity (Wildman–Crippen MR) is 88.8 cm³/mol. The Labute approximate surface area is 127 Å². The first-order valence-electron chi connectivity index (χ1n) is 7.68. The molecular weight excluding hydrogens is 260 g/mol. The first-order chi connectivity index (χ1) is 10.3. The SMILES string of the molecule is CCN(CC)c1cc(NCCCc2ccccc2)ncn1. The van der Waals surface area contributed by atoms with Crippen molar-refractivity contribution in [3.05, 3.63) is 48.3 Å². The molecule has 2 rings (SSSR count). The molecule has 4 heteroatoms. The van der Waals surface area contributed by atoms with E-state index in [0.29, 0.717) is 0 Å². The third-order valence-electron chi connectivity index (χ3n) is 3.53. The lowest BCUT2D eigenvalue weighted by Crippen LogP contribution is -2.23. The van der Waals surface area contributed by atoms with Crippen LogP contribution >= 0.6 is 0 Å². The second-order valence-corrected chi connectivity index (χ2v) is 4.95. The third-order valence-corrected chi connectivity index (χ3v) is 3.53. The minimum Gasteiger partial charge on any atom is -0.370 e. The normalized spacial score (nSPS) is 10.4. The van der Waals surface area contributed by atoms with Crippen molar-refractivity contribution in [1.29, 1.82) is 0 Å². The van der Waals surface area contributed by atoms with Crippen LogP contribution < -0.4 is 10.2 Å². The molecule has 112 valence electrons. The fourth-order valence-electron chi connectivity index (χ4n) is 2.32. The van der Waals surface area contributed by atoms with E-state index in [-0.39, 0.29) is 0 Å². The minimum absolute atomic E-state index is 0.903. The molecule has 0 amide bonds. The Bertz CT molecular complexity index is 523. The van der Waals surface area contributed by atoms with E-state index in [1.165, 1.54) is 5.56 Å². The van der Waals surface area contributed by atoms with Crippen molar-refractivity contribution in [3.63, 3.8) is 0 Å². The van der Waals surface area contributed by atoms with Crippen LogP contribution in [0.3, 0.4) is 0 Å². The molecule has 0 saturated carbocycles. The summed E-state index contributed by atoms with van der Waals surface area (Å²) in [7, 11) is 0. The van der Waals surface area contributed by atoms with E-state index in [9.17, 15) is 0 Å². The van der Waals surface area contributed by atoms with Gasteiger partial charge in [0, 0.05) is 25.7 Å². The molecule has 21 heavy (non-hydrogen) atoms. The van der Waals surface area contributed by atoms with Crippen molar-refractivity contribution >= 4 is 11.6 Å². The van der Waals surface area contributed by atoms with Crippen molar-refractivity contribution in [3.8, 4) is 0 Å². The Morgan fingerprint density at radius 2 is 1.81 bits per heavy atom. The highest BCUT2D eigenvalue weighted by Crippen LogP contribution is 2.13. The Morgan fingerprint density at radius 3 is 2.52 bits per heavy atom. The van der Waals surface area contributed by atoms with Crippen LogP contribution in [-0.4, -0.2) is 29.6 Å². The van der Waals surface area contributed by atoms with Crippen molar-refractivity contribution in [2.75, 3.05) is 29.9 Å². The van der Waals surface area contributed by atoms with E-state index in [2.05, 4.69) is 64.4 Å². The van der Waals surface area contributed by atoms with Gasteiger partial charge >= 0.3 is 0 Å². The number of anilines is 2. The molecular formula is C17H24N4. The maximum Gasteiger partial charge on any atom is 0.134 e. The van der Waals surface area contributed by atoms with Crippen molar-refractivity contribution in [2.24, 2.45) is 0 Å². The quantitative estimate of drug-likeness (QED) is 0.755. The van der Waals surface area contributed by atoms with E-state index < -0.39 is 0 Å². The number of aromatic nitrogens is 2. The molecule has 0 unspecified atom stereocenters. The van der Waals surface area contributed by atoms with Crippen LogP contribution in [0.15, 0.2) is 42.7 Å². The Morgan fingerprint density at radius 1 is 1.05 bits per heavy atom. The van der Waals surface area contributed by atoms with Crippen LogP contribution in [0.5, 0.6) is 0 Å². The number of rotatable bonds is 8. The number of benzene rings is 1. The number of hydrogen-bond donors (Lipinski definition) is 1. The molecule has 0 bridgehead atoms. The monoisotopic (exact) mass is 284 g/mol. The molecule has 0 radical (unpaired) electrons. The summed E-state index contributed by atoms with van der Waals surface area (Å²) in [5.74, 6) is 1.89. The number of aryl methyl sites for hydroxylation is 1. The van der Waals surface area contributed by atoms with Crippen LogP contribution in [0.25, 0.3) is 0 Å². The van der Waals surface area contributed by atoms with Gasteiger partial charge in [0.15, 0.2) is 0 Å². The lowest BCUT2D eigenvalue weighted by atomic mass is 10.1. The Hall–Kier alpha value is -2.10. The molecule has 0 atom stereocenters. The molecule has 4 nitrogen and oxygen atoms in total. The van der Waals surface area contributed by atoms with Crippen LogP contribution in [0.4, 0.5) is 11.6 Å². The summed E-state index contributed by atoms with van der Waals surface area (Å²) in [6.07, 6.45) is 3.81. The van der Waals surface area contributed by atoms with Crippen molar-refractivity contribution in [2.45, 2.75) is 26.7 Å². The largest absolute Gasteiger partial charge is 0.370 e. The summed E-state index contributed by atoms with van der Waals surface area (Å²) >= 11 is 0. The van der Waals surface area contributed by atoms with E-state index in [4.69, 9.17) is 0 Å². The molecule has 0 aliphatic carbocycles. The third kappa shape index (κ3) is 4.74. The molecule has 0 fully saturated rings. The average Bonchev–Trinajstić information content (AvgIpc) is 2.54. The number of hydrogen-bond acceptors (Lipinski definition) is 4. The molecule has 0 saturated heterocycles. The first kappa shape index (κ1) is 15.3. The van der Waals surface area contributed by atoms with Gasteiger partial charge in [-0.2, -0.15) is 0 Å². The highest BCUT2D eigenvalue weighted by Gasteiger charge is 2.04. The van der Waals surface area contributed by atoms with E-state index in [1.807, 2.05) is 6.07 Å². The topological polar surface area (TPSA) is 41.0 Å². The van der Waals surface area contributed by atoms with Gasteiger partial charge in [0.1, 0.15) is 18.0 Å². The maximum absolute atomic E-state index is 4.33. The summed E-state index contributed by atoms with van der Waals surface area (Å²) in [6.45, 7) is 7.11. The summed E-state index contributed by atoms with van der Waals surface area (Å²) in [4.78, 5) is 10.8. The number of nitrogens with one attached hydrogen (secondary N) is 1. The lowest BCUT2D eigenvalue weighted by molar-refractivity contribution is 0.836. The summed E-state index contributed by atoms with van der Waals surface area (Å²) < 4.78 is 0. The highest BCUT2D eigenvalue weighted by molar-refractivity contribution is 5.48. The van der Waals surface area contributed by atoms with Gasteiger partial charge in [0.05, 0.1) is 0 Å². The summed E-state index contributed by atoms with van der Waals surface area (Å²) in [5, 5.41) is 3.38. The smallest absolute Gasteiger partial charge is 0.134 e. The van der Waals surface area contributed by atoms with Gasteiger partial charge in [-0.25, -0.2) is 9.97 Å². The number of nitrogens with zero attached hydrogens (tertiary/aromatic N) is 3. The minimum atomic E-state index is 0.903. The van der Waals surface area contributed by atoms with Crippen LogP contribution in [0.2, 0.25) is 0 Å². The molecule has 1 aromatic carbocycles. The highest BCUT2D eigenvalue weighted by atomic mass is 15.2. The van der Waals surface area contributed by atoms with Gasteiger partial charge < -0.3 is 10.2 Å². The second-order valence-electron chi connectivity index (χ2n) is 4.95. The molecule has 0 aliphatic heterocycles. The average molecular weight is 284 g/mol. The van der Waals surface area contributed by atoms with E-state index in [0.717, 1.165) is 44.1 Å². The fourth-order valence-corrected chi connectivity index (χ4v) is 2.32. The van der Waals surface area contributed by atoms with Crippen LogP contribution in [-0.2, 0) is 6.42 Å². The zero-order valence-electron chi connectivity index (χ0n) is 12.9. The molecule has 0 aliphatic rings. The Balaban J connectivity index is 1.82. The van der Waals surface area contributed by atoms with E-state index >= 15 is 0 Å². The van der Waals surface area contributed by atoms with Gasteiger partial charge in [-0.15, -0.1) is 0 Å². The first-order valence-corrected chi connectivity index (χ1v) is 7.68. The van der Waals surface area contributed by atoms with Gasteiger partial charge in [-0.3, -0.25) is 0 Å². The molecule has 0 spiro atoms. The second kappa shape index (κ2) is 8.25. The molecule has 1 aromatic heterocycles. The van der Waals surface area contributed by atoms with E-state index in [1.54, 1.807) is 6.33 Å². The van der Waals surface area contributed by atoms with Gasteiger partial charge in [0.2, 0.25) is 0 Å². The Kier molecular flexibility index (Phi) is 6.00. The van der Waals surface area contributed by atoms with Gasteiger partial charge in [-0.05, 0) is 32.3 Å². The zero-order chi connectivity index (χ0) is 14.9. The molecule has 1 heterocycles. The summed E-state index contributed by atoms with van der Waals surface area (Å²) in [6, 6.07) is 12.6. The predicted octanol–water partition coefficient (Wildman–Crippen LogP) is 3.37. The molecule has 1 N–H and O–H groups in total. The van der Waals surface area contributed by atoms with Crippen LogP contribution in [0.1, 0.15) is 25.8 Å².